The molecule has 0 unspecified atom stereocenters. The standard InChI is InChI=1S/C9H13N3O4/c1-3-16-9(14)6-4-12(11-8(6)10)5-7(13)15-2/h4H,3,5H2,1-2H3,(H2,10,11). The number of nitrogens with zero attached hydrogens (tertiary/aromatic N) is 2. The van der Waals surface area contributed by atoms with Crippen LogP contribution >= 0.6 is 0 Å². The minimum atomic E-state index is -0.559. The van der Waals surface area contributed by atoms with E-state index in [1.807, 2.05) is 0 Å². The van der Waals surface area contributed by atoms with Gasteiger partial charge >= 0.3 is 11.9 Å². The molecule has 0 bridgehead atoms. The number of aromatic nitrogens is 2. The van der Waals surface area contributed by atoms with Crippen molar-refractivity contribution in [2.24, 2.45) is 0 Å². The minimum Gasteiger partial charge on any atom is -0.468 e. The second kappa shape index (κ2) is 5.15. The van der Waals surface area contributed by atoms with Crippen molar-refractivity contribution in [1.29, 1.82) is 0 Å². The molecule has 1 aromatic heterocycles. The van der Waals surface area contributed by atoms with Crippen molar-refractivity contribution in [3.8, 4) is 0 Å². The van der Waals surface area contributed by atoms with Gasteiger partial charge in [-0.1, -0.05) is 0 Å². The molecule has 0 aliphatic heterocycles. The lowest BCUT2D eigenvalue weighted by Crippen LogP contribution is -2.12. The van der Waals surface area contributed by atoms with Gasteiger partial charge in [0.25, 0.3) is 0 Å². The van der Waals surface area contributed by atoms with E-state index in [1.165, 1.54) is 18.0 Å². The van der Waals surface area contributed by atoms with Gasteiger partial charge in [-0.05, 0) is 6.92 Å². The van der Waals surface area contributed by atoms with E-state index in [2.05, 4.69) is 9.84 Å². The number of carbonyl (C=O) groups is 2. The van der Waals surface area contributed by atoms with E-state index in [-0.39, 0.29) is 24.5 Å². The Hall–Kier alpha value is -2.05. The van der Waals surface area contributed by atoms with Gasteiger partial charge in [0.2, 0.25) is 0 Å². The Morgan fingerprint density at radius 3 is 2.81 bits per heavy atom. The van der Waals surface area contributed by atoms with Gasteiger partial charge in [-0.2, -0.15) is 5.10 Å². The van der Waals surface area contributed by atoms with Gasteiger partial charge in [0, 0.05) is 6.20 Å². The fourth-order valence-electron chi connectivity index (χ4n) is 1.08. The molecule has 7 heteroatoms. The molecule has 7 nitrogen and oxygen atoms in total. The summed E-state index contributed by atoms with van der Waals surface area (Å²) in [6.07, 6.45) is 1.35. The van der Waals surface area contributed by atoms with Gasteiger partial charge in [-0.15, -0.1) is 0 Å². The van der Waals surface area contributed by atoms with Gasteiger partial charge in [-0.3, -0.25) is 9.48 Å². The third-order valence-corrected chi connectivity index (χ3v) is 1.80. The molecule has 0 spiro atoms. The molecule has 0 radical (unpaired) electrons. The van der Waals surface area contributed by atoms with Crippen molar-refractivity contribution >= 4 is 17.8 Å². The minimum absolute atomic E-state index is 0.0300. The molecule has 1 heterocycles. The predicted octanol–water partition coefficient (Wildman–Crippen LogP) is -0.185. The van der Waals surface area contributed by atoms with Gasteiger partial charge < -0.3 is 15.2 Å². The maximum atomic E-state index is 11.4. The third kappa shape index (κ3) is 2.72. The van der Waals surface area contributed by atoms with Crippen molar-refractivity contribution in [1.82, 2.24) is 9.78 Å². The molecular formula is C9H13N3O4. The van der Waals surface area contributed by atoms with E-state index in [0.29, 0.717) is 0 Å². The van der Waals surface area contributed by atoms with Crippen LogP contribution in [0.1, 0.15) is 17.3 Å². The largest absolute Gasteiger partial charge is 0.468 e. The topological polar surface area (TPSA) is 96.4 Å². The zero-order valence-corrected chi connectivity index (χ0v) is 9.10. The number of carbonyl (C=O) groups excluding carboxylic acids is 2. The van der Waals surface area contributed by atoms with Crippen LogP contribution in [0, 0.1) is 0 Å². The Bertz CT molecular complexity index is 399. The summed E-state index contributed by atoms with van der Waals surface area (Å²) in [7, 11) is 1.27. The van der Waals surface area contributed by atoms with E-state index in [0.717, 1.165) is 0 Å². The Balaban J connectivity index is 2.81. The molecule has 1 aromatic rings. The molecule has 0 saturated heterocycles. The first kappa shape index (κ1) is 12.0. The van der Waals surface area contributed by atoms with Crippen LogP contribution in [0.15, 0.2) is 6.20 Å². The number of methoxy groups -OCH3 is 1. The smallest absolute Gasteiger partial charge is 0.343 e. The molecule has 0 atom stereocenters. The first-order valence-corrected chi connectivity index (χ1v) is 4.65. The Morgan fingerprint density at radius 1 is 1.56 bits per heavy atom. The third-order valence-electron chi connectivity index (χ3n) is 1.80. The van der Waals surface area contributed by atoms with Crippen molar-refractivity contribution in [3.05, 3.63) is 11.8 Å². The highest BCUT2D eigenvalue weighted by atomic mass is 16.5. The number of hydrogen-bond acceptors (Lipinski definition) is 6. The van der Waals surface area contributed by atoms with E-state index in [9.17, 15) is 9.59 Å². The summed E-state index contributed by atoms with van der Waals surface area (Å²) in [6, 6.07) is 0. The number of nitrogen functional groups attached to an aromatic ring is 1. The van der Waals surface area contributed by atoms with Crippen molar-refractivity contribution < 1.29 is 19.1 Å². The molecule has 0 aliphatic rings. The SMILES string of the molecule is CCOC(=O)c1cn(CC(=O)OC)nc1N. The van der Waals surface area contributed by atoms with Crippen LogP contribution in [0.4, 0.5) is 5.82 Å². The summed E-state index contributed by atoms with van der Waals surface area (Å²) >= 11 is 0. The summed E-state index contributed by atoms with van der Waals surface area (Å²) < 4.78 is 10.4. The molecule has 0 aliphatic carbocycles. The fourth-order valence-corrected chi connectivity index (χ4v) is 1.08. The number of nitrogens with two attached hydrogens (primary N) is 1. The van der Waals surface area contributed by atoms with Crippen LogP contribution < -0.4 is 5.73 Å². The highest BCUT2D eigenvalue weighted by Gasteiger charge is 2.16. The van der Waals surface area contributed by atoms with Gasteiger partial charge in [0.1, 0.15) is 12.1 Å². The van der Waals surface area contributed by atoms with Crippen molar-refractivity contribution in [2.75, 3.05) is 19.5 Å². The normalized spacial score (nSPS) is 9.88. The van der Waals surface area contributed by atoms with E-state index in [4.69, 9.17) is 10.5 Å². The number of ether oxygens (including phenoxy) is 2. The zero-order chi connectivity index (χ0) is 12.1. The number of esters is 2. The second-order valence-electron chi connectivity index (χ2n) is 2.92. The Morgan fingerprint density at radius 2 is 2.25 bits per heavy atom. The Labute approximate surface area is 92.1 Å². The summed E-state index contributed by atoms with van der Waals surface area (Å²) in [4.78, 5) is 22.3. The molecule has 88 valence electrons. The second-order valence-corrected chi connectivity index (χ2v) is 2.92. The lowest BCUT2D eigenvalue weighted by Gasteiger charge is -1.98. The first-order valence-electron chi connectivity index (χ1n) is 4.65. The maximum Gasteiger partial charge on any atom is 0.343 e. The van der Waals surface area contributed by atoms with Crippen LogP contribution in [0.5, 0.6) is 0 Å². The van der Waals surface area contributed by atoms with Crippen LogP contribution in [0.3, 0.4) is 0 Å². The van der Waals surface area contributed by atoms with Gasteiger partial charge in [-0.25, -0.2) is 4.79 Å². The quantitative estimate of drug-likeness (QED) is 0.716. The summed E-state index contributed by atoms with van der Waals surface area (Å²) in [5.41, 5.74) is 5.65. The van der Waals surface area contributed by atoms with Crippen LogP contribution in [-0.2, 0) is 20.8 Å². The summed E-state index contributed by atoms with van der Waals surface area (Å²) in [6.45, 7) is 1.84. The monoisotopic (exact) mass is 227 g/mol. The van der Waals surface area contributed by atoms with Crippen molar-refractivity contribution in [2.45, 2.75) is 13.5 Å². The zero-order valence-electron chi connectivity index (χ0n) is 9.10. The lowest BCUT2D eigenvalue weighted by molar-refractivity contribution is -0.141. The van der Waals surface area contributed by atoms with E-state index in [1.54, 1.807) is 6.92 Å². The number of rotatable bonds is 4. The lowest BCUT2D eigenvalue weighted by atomic mass is 10.3. The molecule has 0 saturated carbocycles. The predicted molar refractivity (Wildman–Crippen MR) is 54.6 cm³/mol. The molecule has 2 N–H and O–H groups in total. The molecule has 0 amide bonds. The van der Waals surface area contributed by atoms with Crippen LogP contribution in [0.25, 0.3) is 0 Å². The molecule has 0 aromatic carbocycles. The van der Waals surface area contributed by atoms with E-state index >= 15 is 0 Å². The van der Waals surface area contributed by atoms with Crippen molar-refractivity contribution in [3.63, 3.8) is 0 Å². The summed E-state index contributed by atoms with van der Waals surface area (Å²) in [5, 5.41) is 3.79. The number of anilines is 1. The molecule has 1 rings (SSSR count). The van der Waals surface area contributed by atoms with Crippen LogP contribution in [-0.4, -0.2) is 35.4 Å². The molecule has 16 heavy (non-hydrogen) atoms. The number of hydrogen-bond donors (Lipinski definition) is 1. The maximum absolute atomic E-state index is 11.4. The summed E-state index contributed by atoms with van der Waals surface area (Å²) in [5.74, 6) is -1.00. The fraction of sp³-hybridized carbons (Fsp3) is 0.444. The highest BCUT2D eigenvalue weighted by Crippen LogP contribution is 2.10. The van der Waals surface area contributed by atoms with E-state index < -0.39 is 11.9 Å². The Kier molecular flexibility index (Phi) is 3.87. The average Bonchev–Trinajstić information content (AvgIpc) is 2.59. The van der Waals surface area contributed by atoms with Gasteiger partial charge in [0.05, 0.1) is 13.7 Å². The van der Waals surface area contributed by atoms with Crippen LogP contribution in [0.2, 0.25) is 0 Å². The average molecular weight is 227 g/mol. The first-order chi connectivity index (χ1) is 7.58. The molecular weight excluding hydrogens is 214 g/mol. The highest BCUT2D eigenvalue weighted by molar-refractivity contribution is 5.93. The van der Waals surface area contributed by atoms with Gasteiger partial charge in [0.15, 0.2) is 5.82 Å². The molecule has 0 fully saturated rings.